The predicted octanol–water partition coefficient (Wildman–Crippen LogP) is 2.80. The highest BCUT2D eigenvalue weighted by Crippen LogP contribution is 2.22. The van der Waals surface area contributed by atoms with Crippen molar-refractivity contribution in [3.05, 3.63) is 41.6 Å². The molecular formula is C23H32N6O. The van der Waals surface area contributed by atoms with Crippen LogP contribution in [0.1, 0.15) is 35.3 Å². The normalized spacial score (nSPS) is 17.2. The van der Waals surface area contributed by atoms with Crippen LogP contribution in [0.3, 0.4) is 0 Å². The average Bonchev–Trinajstić information content (AvgIpc) is 2.79. The lowest BCUT2D eigenvalue weighted by Gasteiger charge is -2.35. The van der Waals surface area contributed by atoms with Crippen LogP contribution in [-0.2, 0) is 0 Å². The molecule has 0 spiro atoms. The lowest BCUT2D eigenvalue weighted by Crippen LogP contribution is -2.49. The first kappa shape index (κ1) is 20.4. The first-order chi connectivity index (χ1) is 14.5. The molecule has 0 N–H and O–H groups in total. The van der Waals surface area contributed by atoms with Gasteiger partial charge in [-0.3, -0.25) is 4.79 Å². The van der Waals surface area contributed by atoms with E-state index in [9.17, 15) is 4.79 Å². The van der Waals surface area contributed by atoms with Crippen molar-refractivity contribution in [1.82, 2.24) is 14.9 Å². The van der Waals surface area contributed by atoms with Crippen molar-refractivity contribution in [3.63, 3.8) is 0 Å². The summed E-state index contributed by atoms with van der Waals surface area (Å²) in [5.41, 5.74) is 2.78. The van der Waals surface area contributed by atoms with Gasteiger partial charge < -0.3 is 19.6 Å². The van der Waals surface area contributed by atoms with E-state index in [4.69, 9.17) is 9.97 Å². The molecule has 0 aliphatic carbocycles. The maximum absolute atomic E-state index is 13.0. The molecule has 0 saturated carbocycles. The van der Waals surface area contributed by atoms with Crippen LogP contribution in [0.5, 0.6) is 0 Å². The Kier molecular flexibility index (Phi) is 6.06. The molecule has 7 heteroatoms. The second-order valence-electron chi connectivity index (χ2n) is 8.44. The summed E-state index contributed by atoms with van der Waals surface area (Å²) in [7, 11) is 3.98. The molecule has 2 aliphatic rings. The van der Waals surface area contributed by atoms with Gasteiger partial charge in [0.15, 0.2) is 0 Å². The van der Waals surface area contributed by atoms with Crippen LogP contribution in [0.4, 0.5) is 17.5 Å². The van der Waals surface area contributed by atoms with Crippen molar-refractivity contribution < 1.29 is 4.79 Å². The van der Waals surface area contributed by atoms with Crippen LogP contribution < -0.4 is 14.7 Å². The Morgan fingerprint density at radius 1 is 0.900 bits per heavy atom. The third kappa shape index (κ3) is 4.50. The minimum atomic E-state index is 0.0949. The SMILES string of the molecule is Cc1cc(N2CCCCC2)nc(N2CCN(C(=O)c3cccc(N(C)C)c3)CC2)n1. The van der Waals surface area contributed by atoms with Crippen molar-refractivity contribution in [2.75, 3.05) is 68.1 Å². The van der Waals surface area contributed by atoms with Gasteiger partial charge in [-0.2, -0.15) is 4.98 Å². The molecule has 7 nitrogen and oxygen atoms in total. The van der Waals surface area contributed by atoms with Crippen LogP contribution in [0.15, 0.2) is 30.3 Å². The first-order valence-corrected chi connectivity index (χ1v) is 10.9. The third-order valence-corrected chi connectivity index (χ3v) is 5.97. The number of nitrogens with zero attached hydrogens (tertiary/aromatic N) is 6. The highest BCUT2D eigenvalue weighted by molar-refractivity contribution is 5.95. The van der Waals surface area contributed by atoms with Crippen LogP contribution in [-0.4, -0.2) is 74.1 Å². The first-order valence-electron chi connectivity index (χ1n) is 10.9. The molecule has 160 valence electrons. The van der Waals surface area contributed by atoms with E-state index in [2.05, 4.69) is 15.9 Å². The minimum Gasteiger partial charge on any atom is -0.378 e. The van der Waals surface area contributed by atoms with Crippen LogP contribution in [0.25, 0.3) is 0 Å². The van der Waals surface area contributed by atoms with Crippen LogP contribution in [0, 0.1) is 6.92 Å². The molecule has 1 amide bonds. The Morgan fingerprint density at radius 3 is 2.33 bits per heavy atom. The molecule has 4 rings (SSSR count). The monoisotopic (exact) mass is 408 g/mol. The van der Waals surface area contributed by atoms with E-state index < -0.39 is 0 Å². The zero-order valence-corrected chi connectivity index (χ0v) is 18.3. The molecule has 0 radical (unpaired) electrons. The van der Waals surface area contributed by atoms with Crippen LogP contribution >= 0.6 is 0 Å². The predicted molar refractivity (Wildman–Crippen MR) is 122 cm³/mol. The summed E-state index contributed by atoms with van der Waals surface area (Å²) < 4.78 is 0. The van der Waals surface area contributed by atoms with Gasteiger partial charge in [-0.1, -0.05) is 6.07 Å². The number of amides is 1. The number of piperidine rings is 1. The second-order valence-corrected chi connectivity index (χ2v) is 8.44. The van der Waals surface area contributed by atoms with E-state index in [1.165, 1.54) is 19.3 Å². The number of hydrogen-bond donors (Lipinski definition) is 0. The Labute approximate surface area is 179 Å². The van der Waals surface area contributed by atoms with Crippen molar-refractivity contribution in [3.8, 4) is 0 Å². The minimum absolute atomic E-state index is 0.0949. The van der Waals surface area contributed by atoms with Gasteiger partial charge in [0.25, 0.3) is 5.91 Å². The van der Waals surface area contributed by atoms with E-state index >= 15 is 0 Å². The lowest BCUT2D eigenvalue weighted by molar-refractivity contribution is 0.0746. The fraction of sp³-hybridized carbons (Fsp3) is 0.522. The van der Waals surface area contributed by atoms with Crippen molar-refractivity contribution in [2.24, 2.45) is 0 Å². The molecule has 30 heavy (non-hydrogen) atoms. The molecule has 2 aliphatic heterocycles. The Morgan fingerprint density at radius 2 is 1.63 bits per heavy atom. The van der Waals surface area contributed by atoms with Crippen molar-refractivity contribution in [1.29, 1.82) is 0 Å². The van der Waals surface area contributed by atoms with Crippen molar-refractivity contribution >= 4 is 23.4 Å². The lowest BCUT2D eigenvalue weighted by atomic mass is 10.1. The van der Waals surface area contributed by atoms with E-state index in [1.807, 2.05) is 55.1 Å². The number of aromatic nitrogens is 2. The smallest absolute Gasteiger partial charge is 0.254 e. The van der Waals surface area contributed by atoms with Crippen LogP contribution in [0.2, 0.25) is 0 Å². The highest BCUT2D eigenvalue weighted by Gasteiger charge is 2.25. The van der Waals surface area contributed by atoms with E-state index in [-0.39, 0.29) is 5.91 Å². The van der Waals surface area contributed by atoms with Gasteiger partial charge in [0, 0.05) is 76.4 Å². The van der Waals surface area contributed by atoms with Gasteiger partial charge >= 0.3 is 0 Å². The quantitative estimate of drug-likeness (QED) is 0.775. The third-order valence-electron chi connectivity index (χ3n) is 5.97. The molecule has 1 aromatic carbocycles. The van der Waals surface area contributed by atoms with Gasteiger partial charge in [0.1, 0.15) is 5.82 Å². The molecule has 2 fully saturated rings. The molecule has 0 unspecified atom stereocenters. The summed E-state index contributed by atoms with van der Waals surface area (Å²) in [6.07, 6.45) is 3.77. The van der Waals surface area contributed by atoms with E-state index in [0.717, 1.165) is 54.9 Å². The van der Waals surface area contributed by atoms with Gasteiger partial charge in [0.2, 0.25) is 5.95 Å². The molecule has 2 aromatic rings. The summed E-state index contributed by atoms with van der Waals surface area (Å²) in [5, 5.41) is 0. The van der Waals surface area contributed by atoms with Gasteiger partial charge in [0.05, 0.1) is 0 Å². The molecule has 0 atom stereocenters. The van der Waals surface area contributed by atoms with Gasteiger partial charge in [-0.25, -0.2) is 4.98 Å². The Balaban J connectivity index is 1.42. The highest BCUT2D eigenvalue weighted by atomic mass is 16.2. The molecule has 3 heterocycles. The fourth-order valence-corrected chi connectivity index (χ4v) is 4.17. The zero-order valence-electron chi connectivity index (χ0n) is 18.3. The number of piperazine rings is 1. The summed E-state index contributed by atoms with van der Waals surface area (Å²) in [4.78, 5) is 31.1. The topological polar surface area (TPSA) is 55.8 Å². The standard InChI is InChI=1S/C23H32N6O/c1-18-16-21(27-10-5-4-6-11-27)25-23(24-18)29-14-12-28(13-15-29)22(30)19-8-7-9-20(17-19)26(2)3/h7-9,16-17H,4-6,10-15H2,1-3H3. The number of aryl methyl sites for hydroxylation is 1. The maximum Gasteiger partial charge on any atom is 0.254 e. The van der Waals surface area contributed by atoms with E-state index in [0.29, 0.717) is 13.1 Å². The molecule has 2 saturated heterocycles. The number of carbonyl (C=O) groups is 1. The number of hydrogen-bond acceptors (Lipinski definition) is 6. The van der Waals surface area contributed by atoms with E-state index in [1.54, 1.807) is 0 Å². The fourth-order valence-electron chi connectivity index (χ4n) is 4.17. The number of anilines is 3. The van der Waals surface area contributed by atoms with Gasteiger partial charge in [-0.05, 0) is 44.4 Å². The Hall–Kier alpha value is -2.83. The maximum atomic E-state index is 13.0. The number of carbonyl (C=O) groups excluding carboxylic acids is 1. The van der Waals surface area contributed by atoms with Gasteiger partial charge in [-0.15, -0.1) is 0 Å². The second kappa shape index (κ2) is 8.90. The van der Waals surface area contributed by atoms with Crippen molar-refractivity contribution in [2.45, 2.75) is 26.2 Å². The molecular weight excluding hydrogens is 376 g/mol. The summed E-state index contributed by atoms with van der Waals surface area (Å²) in [6, 6.07) is 9.91. The summed E-state index contributed by atoms with van der Waals surface area (Å²) in [6.45, 7) is 7.05. The Bertz CT molecular complexity index is 885. The summed E-state index contributed by atoms with van der Waals surface area (Å²) in [5.74, 6) is 1.92. The largest absolute Gasteiger partial charge is 0.378 e. The summed E-state index contributed by atoms with van der Waals surface area (Å²) >= 11 is 0. The number of benzene rings is 1. The number of rotatable bonds is 4. The molecule has 1 aromatic heterocycles. The zero-order chi connectivity index (χ0) is 21.1. The average molecular weight is 409 g/mol. The molecule has 0 bridgehead atoms.